The van der Waals surface area contributed by atoms with Crippen molar-refractivity contribution in [3.8, 4) is 11.8 Å². The number of aromatic amines is 1. The number of alkyl halides is 3. The van der Waals surface area contributed by atoms with E-state index >= 15 is 0 Å². The molecule has 1 N–H and O–H groups in total. The third-order valence-electron chi connectivity index (χ3n) is 6.85. The Morgan fingerprint density at radius 2 is 1.97 bits per heavy atom. The number of rotatable bonds is 1. The van der Waals surface area contributed by atoms with Gasteiger partial charge in [0.05, 0.1) is 17.6 Å². The maximum absolute atomic E-state index is 13.0. The third kappa shape index (κ3) is 3.56. The Labute approximate surface area is 192 Å². The SMILES string of the molecule is FC(F)(F)c1cccc(C#Cc2n[nH]c3nc(N4CCC5(CCOC5)CC4)n4ccnc4c23)c1. The summed E-state index contributed by atoms with van der Waals surface area (Å²) in [4.78, 5) is 11.6. The number of ether oxygens (including phenoxy) is 1. The van der Waals surface area contributed by atoms with Gasteiger partial charge in [-0.3, -0.25) is 9.50 Å². The average molecular weight is 466 g/mol. The molecule has 174 valence electrons. The number of nitrogens with zero attached hydrogens (tertiary/aromatic N) is 5. The maximum atomic E-state index is 13.0. The summed E-state index contributed by atoms with van der Waals surface area (Å²) in [6, 6.07) is 4.94. The highest BCUT2D eigenvalue weighted by molar-refractivity contribution is 5.94. The zero-order chi connectivity index (χ0) is 23.3. The van der Waals surface area contributed by atoms with Crippen LogP contribution >= 0.6 is 0 Å². The molecule has 0 radical (unpaired) electrons. The standard InChI is InChI=1S/C24H21F3N6O/c25-24(26,27)17-3-1-2-16(14-17)4-5-18-19-20(31-30-18)29-22(33-12-9-28-21(19)33)32-10-6-23(7-11-32)8-13-34-15-23/h1-3,9,12,14H,6-8,10-11,13,15H2,(H,30,31). The molecule has 0 amide bonds. The summed E-state index contributed by atoms with van der Waals surface area (Å²) in [5, 5.41) is 7.85. The third-order valence-corrected chi connectivity index (χ3v) is 6.85. The van der Waals surface area contributed by atoms with Crippen LogP contribution in [0, 0.1) is 17.3 Å². The highest BCUT2D eigenvalue weighted by Crippen LogP contribution is 2.40. The quantitative estimate of drug-likeness (QED) is 0.429. The summed E-state index contributed by atoms with van der Waals surface area (Å²) in [6.07, 6.45) is 2.36. The molecule has 0 aliphatic carbocycles. The number of nitrogens with one attached hydrogen (secondary N) is 1. The van der Waals surface area contributed by atoms with Crippen molar-refractivity contribution in [3.63, 3.8) is 0 Å². The van der Waals surface area contributed by atoms with Crippen molar-refractivity contribution in [3.05, 3.63) is 53.5 Å². The second-order valence-electron chi connectivity index (χ2n) is 8.95. The summed E-state index contributed by atoms with van der Waals surface area (Å²) in [5.41, 5.74) is 1.41. The highest BCUT2D eigenvalue weighted by atomic mass is 19.4. The number of hydrogen-bond acceptors (Lipinski definition) is 5. The normalized spacial score (nSPS) is 18.0. The molecule has 0 atom stereocenters. The largest absolute Gasteiger partial charge is 0.416 e. The first kappa shape index (κ1) is 21.0. The molecule has 6 rings (SSSR count). The molecule has 3 aromatic heterocycles. The molecule has 1 aromatic carbocycles. The van der Waals surface area contributed by atoms with Crippen molar-refractivity contribution in [1.29, 1.82) is 0 Å². The van der Waals surface area contributed by atoms with Gasteiger partial charge in [-0.2, -0.15) is 23.3 Å². The van der Waals surface area contributed by atoms with E-state index in [4.69, 9.17) is 9.72 Å². The van der Waals surface area contributed by atoms with Crippen molar-refractivity contribution in [2.24, 2.45) is 5.41 Å². The molecule has 10 heteroatoms. The van der Waals surface area contributed by atoms with Gasteiger partial charge in [-0.15, -0.1) is 0 Å². The smallest absolute Gasteiger partial charge is 0.381 e. The Bertz CT molecular complexity index is 1430. The fraction of sp³-hybridized carbons (Fsp3) is 0.375. The van der Waals surface area contributed by atoms with Gasteiger partial charge in [0, 0.05) is 37.7 Å². The Morgan fingerprint density at radius 1 is 1.12 bits per heavy atom. The average Bonchev–Trinajstić information content (AvgIpc) is 3.57. The summed E-state index contributed by atoms with van der Waals surface area (Å²) < 4.78 is 46.6. The first-order valence-electron chi connectivity index (χ1n) is 11.2. The summed E-state index contributed by atoms with van der Waals surface area (Å²) >= 11 is 0. The summed E-state index contributed by atoms with van der Waals surface area (Å²) in [6.45, 7) is 3.44. The van der Waals surface area contributed by atoms with Gasteiger partial charge >= 0.3 is 6.18 Å². The zero-order valence-electron chi connectivity index (χ0n) is 18.2. The lowest BCUT2D eigenvalue weighted by atomic mass is 9.78. The second kappa shape index (κ2) is 7.74. The molecule has 2 aliphatic rings. The molecule has 0 bridgehead atoms. The van der Waals surface area contributed by atoms with Crippen LogP contribution in [0.25, 0.3) is 16.7 Å². The lowest BCUT2D eigenvalue weighted by Crippen LogP contribution is -2.41. The minimum absolute atomic E-state index is 0.257. The van der Waals surface area contributed by atoms with Crippen LogP contribution in [-0.2, 0) is 10.9 Å². The first-order valence-corrected chi connectivity index (χ1v) is 11.2. The number of hydrogen-bond donors (Lipinski definition) is 1. The number of imidazole rings is 1. The van der Waals surface area contributed by atoms with E-state index in [2.05, 4.69) is 31.9 Å². The van der Waals surface area contributed by atoms with Gasteiger partial charge in [0.15, 0.2) is 11.3 Å². The van der Waals surface area contributed by atoms with Crippen molar-refractivity contribution < 1.29 is 17.9 Å². The molecule has 1 spiro atoms. The van der Waals surface area contributed by atoms with Crippen LogP contribution in [0.3, 0.4) is 0 Å². The van der Waals surface area contributed by atoms with Crippen LogP contribution in [0.5, 0.6) is 0 Å². The molecule has 5 heterocycles. The number of aromatic nitrogens is 5. The second-order valence-corrected chi connectivity index (χ2v) is 8.95. The maximum Gasteiger partial charge on any atom is 0.416 e. The minimum Gasteiger partial charge on any atom is -0.381 e. The molecule has 7 nitrogen and oxygen atoms in total. The molecule has 34 heavy (non-hydrogen) atoms. The van der Waals surface area contributed by atoms with Gasteiger partial charge in [-0.05, 0) is 48.8 Å². The molecule has 4 aromatic rings. The fourth-order valence-electron chi connectivity index (χ4n) is 4.87. The van der Waals surface area contributed by atoms with E-state index in [-0.39, 0.29) is 11.0 Å². The van der Waals surface area contributed by atoms with E-state index < -0.39 is 11.7 Å². The van der Waals surface area contributed by atoms with Gasteiger partial charge in [0.25, 0.3) is 0 Å². The lowest BCUT2D eigenvalue weighted by molar-refractivity contribution is -0.137. The number of benzene rings is 1. The van der Waals surface area contributed by atoms with Gasteiger partial charge in [0.1, 0.15) is 5.69 Å². The Morgan fingerprint density at radius 3 is 2.74 bits per heavy atom. The molecular formula is C24H21F3N6O. The topological polar surface area (TPSA) is 71.3 Å². The van der Waals surface area contributed by atoms with Gasteiger partial charge in [-0.1, -0.05) is 12.0 Å². The van der Waals surface area contributed by atoms with Gasteiger partial charge in [-0.25, -0.2) is 4.98 Å². The molecule has 2 fully saturated rings. The number of halogens is 3. The van der Waals surface area contributed by atoms with Gasteiger partial charge < -0.3 is 9.64 Å². The van der Waals surface area contributed by atoms with E-state index in [0.29, 0.717) is 22.4 Å². The Kier molecular flexibility index (Phi) is 4.78. The zero-order valence-corrected chi connectivity index (χ0v) is 18.2. The molecular weight excluding hydrogens is 445 g/mol. The van der Waals surface area contributed by atoms with Crippen LogP contribution in [0.1, 0.15) is 36.1 Å². The van der Waals surface area contributed by atoms with Crippen LogP contribution in [0.2, 0.25) is 0 Å². The molecule has 0 unspecified atom stereocenters. The monoisotopic (exact) mass is 466 g/mol. The van der Waals surface area contributed by atoms with Crippen LogP contribution in [0.4, 0.5) is 19.1 Å². The summed E-state index contributed by atoms with van der Waals surface area (Å²) in [7, 11) is 0. The fourth-order valence-corrected chi connectivity index (χ4v) is 4.87. The van der Waals surface area contributed by atoms with Crippen molar-refractivity contribution in [2.75, 3.05) is 31.2 Å². The predicted molar refractivity (Wildman–Crippen MR) is 119 cm³/mol. The molecule has 2 aliphatic heterocycles. The van der Waals surface area contributed by atoms with Crippen molar-refractivity contribution in [1.82, 2.24) is 24.6 Å². The van der Waals surface area contributed by atoms with Crippen LogP contribution in [-0.4, -0.2) is 50.9 Å². The van der Waals surface area contributed by atoms with Crippen LogP contribution < -0.4 is 4.90 Å². The van der Waals surface area contributed by atoms with Crippen LogP contribution in [0.15, 0.2) is 36.7 Å². The van der Waals surface area contributed by atoms with E-state index in [1.807, 2.05) is 10.6 Å². The number of piperidine rings is 1. The Hall–Kier alpha value is -3.58. The first-order chi connectivity index (χ1) is 16.4. The number of anilines is 1. The molecule has 2 saturated heterocycles. The van der Waals surface area contributed by atoms with E-state index in [1.54, 1.807) is 6.20 Å². The van der Waals surface area contributed by atoms with Crippen molar-refractivity contribution >= 4 is 22.6 Å². The number of H-pyrrole nitrogens is 1. The van der Waals surface area contributed by atoms with Gasteiger partial charge in [0.2, 0.25) is 5.95 Å². The lowest BCUT2D eigenvalue weighted by Gasteiger charge is -2.38. The van der Waals surface area contributed by atoms with E-state index in [0.717, 1.165) is 63.6 Å². The van der Waals surface area contributed by atoms with E-state index in [9.17, 15) is 13.2 Å². The Balaban J connectivity index is 1.35. The van der Waals surface area contributed by atoms with E-state index in [1.165, 1.54) is 12.1 Å². The summed E-state index contributed by atoms with van der Waals surface area (Å²) in [5.74, 6) is 6.48. The predicted octanol–water partition coefficient (Wildman–Crippen LogP) is 4.03. The highest BCUT2D eigenvalue weighted by Gasteiger charge is 2.38. The minimum atomic E-state index is -4.42. The number of fused-ring (bicyclic) bond motifs is 3. The molecule has 0 saturated carbocycles. The van der Waals surface area contributed by atoms with Crippen molar-refractivity contribution in [2.45, 2.75) is 25.4 Å².